The second-order valence-electron chi connectivity index (χ2n) is 5.86. The predicted molar refractivity (Wildman–Crippen MR) is 71.7 cm³/mol. The fourth-order valence-corrected chi connectivity index (χ4v) is 3.86. The molecule has 1 aliphatic heterocycles. The molecule has 2 fully saturated rings. The Morgan fingerprint density at radius 1 is 1.50 bits per heavy atom. The van der Waals surface area contributed by atoms with Crippen molar-refractivity contribution in [3.8, 4) is 0 Å². The molecule has 0 bridgehead atoms. The van der Waals surface area contributed by atoms with E-state index in [-0.39, 0.29) is 5.54 Å². The SMILES string of the molecule is CC1(C)CCCN1c1nc(C2CC2)c(C(=O)O)s1. The van der Waals surface area contributed by atoms with E-state index in [9.17, 15) is 9.90 Å². The smallest absolute Gasteiger partial charge is 0.347 e. The van der Waals surface area contributed by atoms with E-state index in [1.165, 1.54) is 11.3 Å². The number of hydrogen-bond acceptors (Lipinski definition) is 4. The van der Waals surface area contributed by atoms with Crippen molar-refractivity contribution in [3.63, 3.8) is 0 Å². The van der Waals surface area contributed by atoms with Crippen LogP contribution in [0.3, 0.4) is 0 Å². The first-order valence-electron chi connectivity index (χ1n) is 6.51. The average molecular weight is 266 g/mol. The summed E-state index contributed by atoms with van der Waals surface area (Å²) in [6.45, 7) is 5.40. The molecule has 0 amide bonds. The van der Waals surface area contributed by atoms with Gasteiger partial charge >= 0.3 is 5.97 Å². The zero-order valence-corrected chi connectivity index (χ0v) is 11.6. The molecule has 1 saturated heterocycles. The number of nitrogens with zero attached hydrogens (tertiary/aromatic N) is 2. The van der Waals surface area contributed by atoms with E-state index < -0.39 is 5.97 Å². The second-order valence-corrected chi connectivity index (χ2v) is 6.84. The van der Waals surface area contributed by atoms with Gasteiger partial charge in [-0.15, -0.1) is 0 Å². The summed E-state index contributed by atoms with van der Waals surface area (Å²) in [4.78, 5) is 18.7. The van der Waals surface area contributed by atoms with Crippen LogP contribution >= 0.6 is 11.3 Å². The Bertz CT molecular complexity index is 491. The van der Waals surface area contributed by atoms with Gasteiger partial charge in [-0.25, -0.2) is 9.78 Å². The first-order valence-corrected chi connectivity index (χ1v) is 7.32. The van der Waals surface area contributed by atoms with Crippen LogP contribution in [-0.4, -0.2) is 28.1 Å². The average Bonchev–Trinajstić information content (AvgIpc) is 2.93. The van der Waals surface area contributed by atoms with Crippen LogP contribution < -0.4 is 4.90 Å². The number of rotatable bonds is 3. The monoisotopic (exact) mass is 266 g/mol. The number of carboxylic acid groups (broad SMARTS) is 1. The molecule has 1 aliphatic carbocycles. The van der Waals surface area contributed by atoms with Gasteiger partial charge in [-0.3, -0.25) is 0 Å². The number of anilines is 1. The third-order valence-electron chi connectivity index (χ3n) is 3.93. The maximum absolute atomic E-state index is 11.3. The Morgan fingerprint density at radius 3 is 2.72 bits per heavy atom. The van der Waals surface area contributed by atoms with Crippen LogP contribution in [0, 0.1) is 0 Å². The topological polar surface area (TPSA) is 53.4 Å². The van der Waals surface area contributed by atoms with Crippen LogP contribution in [0.4, 0.5) is 5.13 Å². The van der Waals surface area contributed by atoms with Crippen LogP contribution in [0.25, 0.3) is 0 Å². The van der Waals surface area contributed by atoms with Crippen LogP contribution in [0.15, 0.2) is 0 Å². The minimum atomic E-state index is -0.822. The van der Waals surface area contributed by atoms with Crippen LogP contribution in [0.2, 0.25) is 0 Å². The number of hydrogen-bond donors (Lipinski definition) is 1. The van der Waals surface area contributed by atoms with Gasteiger partial charge in [-0.05, 0) is 39.5 Å². The van der Waals surface area contributed by atoms with Gasteiger partial charge in [0.1, 0.15) is 4.88 Å². The first kappa shape index (κ1) is 12.0. The van der Waals surface area contributed by atoms with Crippen LogP contribution in [0.5, 0.6) is 0 Å². The maximum atomic E-state index is 11.3. The van der Waals surface area contributed by atoms with Gasteiger partial charge in [0.05, 0.1) is 5.69 Å². The molecule has 0 radical (unpaired) electrons. The Labute approximate surface area is 111 Å². The van der Waals surface area contributed by atoms with E-state index >= 15 is 0 Å². The van der Waals surface area contributed by atoms with Crippen molar-refractivity contribution in [1.82, 2.24) is 4.98 Å². The molecule has 4 nitrogen and oxygen atoms in total. The lowest BCUT2D eigenvalue weighted by Gasteiger charge is -2.31. The highest BCUT2D eigenvalue weighted by Gasteiger charge is 2.37. The lowest BCUT2D eigenvalue weighted by atomic mass is 10.0. The summed E-state index contributed by atoms with van der Waals surface area (Å²) in [6, 6.07) is 0. The Morgan fingerprint density at radius 2 is 2.22 bits per heavy atom. The highest BCUT2D eigenvalue weighted by Crippen LogP contribution is 2.45. The molecule has 5 heteroatoms. The van der Waals surface area contributed by atoms with Gasteiger partial charge in [0.15, 0.2) is 5.13 Å². The van der Waals surface area contributed by atoms with E-state index in [4.69, 9.17) is 0 Å². The number of carbonyl (C=O) groups is 1. The summed E-state index contributed by atoms with van der Waals surface area (Å²) in [5, 5.41) is 10.2. The van der Waals surface area contributed by atoms with E-state index in [2.05, 4.69) is 23.7 Å². The molecule has 1 aromatic heterocycles. The summed E-state index contributed by atoms with van der Waals surface area (Å²) >= 11 is 1.35. The molecular weight excluding hydrogens is 248 g/mol. The molecule has 0 atom stereocenters. The van der Waals surface area contributed by atoms with Gasteiger partial charge in [0.25, 0.3) is 0 Å². The molecule has 0 unspecified atom stereocenters. The van der Waals surface area contributed by atoms with E-state index in [0.29, 0.717) is 10.8 Å². The van der Waals surface area contributed by atoms with Crippen LogP contribution in [0.1, 0.15) is 60.8 Å². The minimum Gasteiger partial charge on any atom is -0.477 e. The maximum Gasteiger partial charge on any atom is 0.347 e. The summed E-state index contributed by atoms with van der Waals surface area (Å²) < 4.78 is 0. The highest BCUT2D eigenvalue weighted by molar-refractivity contribution is 7.17. The minimum absolute atomic E-state index is 0.106. The molecule has 1 aromatic rings. The molecule has 1 saturated carbocycles. The standard InChI is InChI=1S/C13H18N2O2S/c1-13(2)6-3-7-15(13)12-14-9(8-4-5-8)10(18-12)11(16)17/h8H,3-7H2,1-2H3,(H,16,17). The quantitative estimate of drug-likeness (QED) is 0.913. The van der Waals surface area contributed by atoms with Crippen LogP contribution in [-0.2, 0) is 0 Å². The highest BCUT2D eigenvalue weighted by atomic mass is 32.1. The molecule has 98 valence electrons. The third-order valence-corrected chi connectivity index (χ3v) is 5.01. The Hall–Kier alpha value is -1.10. The summed E-state index contributed by atoms with van der Waals surface area (Å²) in [5.74, 6) is -0.426. The van der Waals surface area contributed by atoms with Gasteiger partial charge in [-0.2, -0.15) is 0 Å². The van der Waals surface area contributed by atoms with Crippen molar-refractivity contribution >= 4 is 22.4 Å². The largest absolute Gasteiger partial charge is 0.477 e. The number of aromatic nitrogens is 1. The van der Waals surface area contributed by atoms with Crippen molar-refractivity contribution in [2.45, 2.75) is 51.0 Å². The zero-order chi connectivity index (χ0) is 12.9. The molecule has 18 heavy (non-hydrogen) atoms. The van der Waals surface area contributed by atoms with Crippen molar-refractivity contribution in [2.75, 3.05) is 11.4 Å². The van der Waals surface area contributed by atoms with Gasteiger partial charge in [-0.1, -0.05) is 11.3 Å². The van der Waals surface area contributed by atoms with Gasteiger partial charge in [0, 0.05) is 18.0 Å². The van der Waals surface area contributed by atoms with Crippen molar-refractivity contribution < 1.29 is 9.90 Å². The molecule has 0 aromatic carbocycles. The number of carboxylic acids is 1. The molecule has 3 rings (SSSR count). The lowest BCUT2D eigenvalue weighted by molar-refractivity contribution is 0.0700. The summed E-state index contributed by atoms with van der Waals surface area (Å²) in [6.07, 6.45) is 4.49. The molecular formula is C13H18N2O2S. The molecule has 1 N–H and O–H groups in total. The summed E-state index contributed by atoms with van der Waals surface area (Å²) in [5.41, 5.74) is 0.930. The Kier molecular flexibility index (Phi) is 2.62. The van der Waals surface area contributed by atoms with Crippen molar-refractivity contribution in [3.05, 3.63) is 10.6 Å². The third kappa shape index (κ3) is 1.90. The first-order chi connectivity index (χ1) is 8.49. The van der Waals surface area contributed by atoms with E-state index in [1.807, 2.05) is 0 Å². The number of aromatic carboxylic acids is 1. The normalized spacial score (nSPS) is 22.4. The predicted octanol–water partition coefficient (Wildman–Crippen LogP) is 3.10. The lowest BCUT2D eigenvalue weighted by Crippen LogP contribution is -2.38. The fraction of sp³-hybridized carbons (Fsp3) is 0.692. The van der Waals surface area contributed by atoms with E-state index in [1.54, 1.807) is 0 Å². The molecule has 0 spiro atoms. The van der Waals surface area contributed by atoms with Gasteiger partial charge < -0.3 is 10.0 Å². The van der Waals surface area contributed by atoms with Gasteiger partial charge in [0.2, 0.25) is 0 Å². The molecule has 2 heterocycles. The van der Waals surface area contributed by atoms with Crippen molar-refractivity contribution in [2.24, 2.45) is 0 Å². The van der Waals surface area contributed by atoms with E-state index in [0.717, 1.165) is 43.1 Å². The zero-order valence-electron chi connectivity index (χ0n) is 10.8. The number of thiazole rings is 1. The Balaban J connectivity index is 1.98. The molecule has 2 aliphatic rings. The van der Waals surface area contributed by atoms with Crippen molar-refractivity contribution in [1.29, 1.82) is 0 Å². The fourth-order valence-electron chi connectivity index (χ4n) is 2.68. The second kappa shape index (κ2) is 3.95. The summed E-state index contributed by atoms with van der Waals surface area (Å²) in [7, 11) is 0.